The number of aliphatic hydroxyl groups excluding tert-OH is 5. The Bertz CT molecular complexity index is 693. The first-order chi connectivity index (χ1) is 16.4. The summed E-state index contributed by atoms with van der Waals surface area (Å²) in [4.78, 5) is 12.3. The van der Waals surface area contributed by atoms with Gasteiger partial charge in [0.05, 0.1) is 45.1 Å². The molecule has 1 aromatic rings. The van der Waals surface area contributed by atoms with Crippen LogP contribution in [0.3, 0.4) is 0 Å². The first kappa shape index (κ1) is 28.6. The smallest absolute Gasteiger partial charge is 0.220 e. The predicted molar refractivity (Wildman–Crippen MR) is 123 cm³/mol. The number of amides is 1. The Morgan fingerprint density at radius 1 is 1.09 bits per heavy atom. The number of carbonyl (C=O) groups excluding carboxylic acids is 1. The molecule has 6 N–H and O–H groups in total. The van der Waals surface area contributed by atoms with Gasteiger partial charge in [-0.05, 0) is 18.4 Å². The maximum atomic E-state index is 12.3. The average Bonchev–Trinajstić information content (AvgIpc) is 2.86. The second kappa shape index (κ2) is 14.7. The highest BCUT2D eigenvalue weighted by atomic mass is 16.7. The van der Waals surface area contributed by atoms with Crippen molar-refractivity contribution in [3.63, 3.8) is 0 Å². The van der Waals surface area contributed by atoms with Crippen molar-refractivity contribution in [1.82, 2.24) is 5.32 Å². The molecule has 0 saturated carbocycles. The number of unbranched alkanes of at least 4 members (excludes halogenated alkanes) is 1. The van der Waals surface area contributed by atoms with Crippen LogP contribution in [0.2, 0.25) is 0 Å². The van der Waals surface area contributed by atoms with Crippen molar-refractivity contribution >= 4 is 5.91 Å². The number of aliphatic hydroxyl groups is 5. The van der Waals surface area contributed by atoms with Gasteiger partial charge in [0.25, 0.3) is 0 Å². The Morgan fingerprint density at radius 2 is 1.76 bits per heavy atom. The number of carbonyl (C=O) groups is 1. The van der Waals surface area contributed by atoms with Crippen molar-refractivity contribution in [1.29, 1.82) is 0 Å². The average molecular weight is 486 g/mol. The van der Waals surface area contributed by atoms with Crippen LogP contribution >= 0.6 is 0 Å². The van der Waals surface area contributed by atoms with Crippen molar-refractivity contribution in [2.75, 3.05) is 39.6 Å². The predicted octanol–water partition coefficient (Wildman–Crippen LogP) is -0.653. The second-order valence-electron chi connectivity index (χ2n) is 8.82. The SMILES string of the molecule is CCCCC(=O)N[C@H]1[C@@H](OCCc2ccccc2)O[C@H](COCC(CO)(CO)CO)[C@@H](O)[C@@H]1O. The zero-order valence-electron chi connectivity index (χ0n) is 19.7. The molecule has 0 aromatic heterocycles. The lowest BCUT2D eigenvalue weighted by molar-refractivity contribution is -0.273. The van der Waals surface area contributed by atoms with Gasteiger partial charge in [-0.2, -0.15) is 0 Å². The van der Waals surface area contributed by atoms with Crippen LogP contribution in [0.4, 0.5) is 0 Å². The zero-order chi connectivity index (χ0) is 25.0. The normalized spacial score (nSPS) is 25.3. The van der Waals surface area contributed by atoms with E-state index in [1.807, 2.05) is 37.3 Å². The molecule has 194 valence electrons. The van der Waals surface area contributed by atoms with Gasteiger partial charge in [0.15, 0.2) is 6.29 Å². The lowest BCUT2D eigenvalue weighted by Crippen LogP contribution is -2.65. The van der Waals surface area contributed by atoms with Gasteiger partial charge in [-0.15, -0.1) is 0 Å². The van der Waals surface area contributed by atoms with Crippen LogP contribution in [-0.2, 0) is 25.4 Å². The number of hydrogen-bond donors (Lipinski definition) is 6. The number of ether oxygens (including phenoxy) is 3. The maximum Gasteiger partial charge on any atom is 0.220 e. The fourth-order valence-electron chi connectivity index (χ4n) is 3.58. The van der Waals surface area contributed by atoms with E-state index in [0.717, 1.165) is 12.0 Å². The van der Waals surface area contributed by atoms with Gasteiger partial charge in [-0.25, -0.2) is 0 Å². The van der Waals surface area contributed by atoms with Gasteiger partial charge >= 0.3 is 0 Å². The van der Waals surface area contributed by atoms with Gasteiger partial charge in [-0.3, -0.25) is 4.79 Å². The molecule has 1 fully saturated rings. The van der Waals surface area contributed by atoms with Crippen molar-refractivity contribution in [3.05, 3.63) is 35.9 Å². The number of hydrogen-bond acceptors (Lipinski definition) is 9. The van der Waals surface area contributed by atoms with E-state index in [-0.39, 0.29) is 32.1 Å². The largest absolute Gasteiger partial charge is 0.396 e. The summed E-state index contributed by atoms with van der Waals surface area (Å²) >= 11 is 0. The third-order valence-electron chi connectivity index (χ3n) is 6.00. The third kappa shape index (κ3) is 8.24. The molecule has 1 saturated heterocycles. The van der Waals surface area contributed by atoms with Crippen LogP contribution in [0.1, 0.15) is 31.7 Å². The highest BCUT2D eigenvalue weighted by Gasteiger charge is 2.46. The molecule has 1 aromatic carbocycles. The van der Waals surface area contributed by atoms with Crippen LogP contribution in [0, 0.1) is 5.41 Å². The minimum absolute atomic E-state index is 0.185. The van der Waals surface area contributed by atoms with E-state index in [9.17, 15) is 30.3 Å². The summed E-state index contributed by atoms with van der Waals surface area (Å²) in [6.45, 7) is 0.379. The first-order valence-electron chi connectivity index (χ1n) is 11.8. The molecule has 10 heteroatoms. The van der Waals surface area contributed by atoms with Crippen molar-refractivity contribution in [3.8, 4) is 0 Å². The first-order valence-corrected chi connectivity index (χ1v) is 11.8. The van der Waals surface area contributed by atoms with Crippen LogP contribution in [0.25, 0.3) is 0 Å². The summed E-state index contributed by atoms with van der Waals surface area (Å²) < 4.78 is 17.3. The van der Waals surface area contributed by atoms with Crippen LogP contribution in [0.5, 0.6) is 0 Å². The summed E-state index contributed by atoms with van der Waals surface area (Å²) in [5.74, 6) is -0.272. The summed E-state index contributed by atoms with van der Waals surface area (Å²) in [5.41, 5.74) is -0.185. The second-order valence-corrected chi connectivity index (χ2v) is 8.82. The van der Waals surface area contributed by atoms with E-state index in [4.69, 9.17) is 14.2 Å². The van der Waals surface area contributed by atoms with Gasteiger partial charge in [0.1, 0.15) is 24.4 Å². The van der Waals surface area contributed by atoms with Gasteiger partial charge < -0.3 is 45.1 Å². The monoisotopic (exact) mass is 485 g/mol. The molecule has 1 aliphatic rings. The topological polar surface area (TPSA) is 158 Å². The minimum Gasteiger partial charge on any atom is -0.396 e. The summed E-state index contributed by atoms with van der Waals surface area (Å²) in [6, 6.07) is 8.69. The molecule has 10 nitrogen and oxygen atoms in total. The maximum absolute atomic E-state index is 12.3. The Morgan fingerprint density at radius 3 is 2.38 bits per heavy atom. The van der Waals surface area contributed by atoms with E-state index in [1.165, 1.54) is 0 Å². The van der Waals surface area contributed by atoms with E-state index in [2.05, 4.69) is 5.32 Å². The van der Waals surface area contributed by atoms with Gasteiger partial charge in [0, 0.05) is 6.42 Å². The minimum atomic E-state index is -1.38. The molecule has 1 heterocycles. The van der Waals surface area contributed by atoms with Crippen molar-refractivity contribution < 1.29 is 44.5 Å². The lowest BCUT2D eigenvalue weighted by atomic mass is 9.92. The zero-order valence-corrected chi connectivity index (χ0v) is 19.7. The van der Waals surface area contributed by atoms with Crippen LogP contribution < -0.4 is 5.32 Å². The number of benzene rings is 1. The summed E-state index contributed by atoms with van der Waals surface area (Å²) in [6.07, 6.45) is -2.36. The van der Waals surface area contributed by atoms with E-state index < -0.39 is 55.9 Å². The number of nitrogens with one attached hydrogen (secondary N) is 1. The molecule has 1 amide bonds. The Labute approximate surface area is 200 Å². The molecule has 0 spiro atoms. The van der Waals surface area contributed by atoms with Crippen molar-refractivity contribution in [2.45, 2.75) is 63.3 Å². The Balaban J connectivity index is 2.03. The highest BCUT2D eigenvalue weighted by molar-refractivity contribution is 5.76. The third-order valence-corrected chi connectivity index (χ3v) is 6.00. The molecule has 0 radical (unpaired) electrons. The van der Waals surface area contributed by atoms with Crippen LogP contribution in [0.15, 0.2) is 30.3 Å². The van der Waals surface area contributed by atoms with Crippen LogP contribution in [-0.4, -0.2) is 102 Å². The quantitative estimate of drug-likeness (QED) is 0.190. The molecule has 0 aliphatic carbocycles. The fourth-order valence-corrected chi connectivity index (χ4v) is 3.58. The van der Waals surface area contributed by atoms with E-state index >= 15 is 0 Å². The molecule has 5 atom stereocenters. The molecule has 0 bridgehead atoms. The van der Waals surface area contributed by atoms with E-state index in [0.29, 0.717) is 12.8 Å². The molecule has 1 aliphatic heterocycles. The Kier molecular flexibility index (Phi) is 12.4. The summed E-state index contributed by atoms with van der Waals surface area (Å²) in [7, 11) is 0. The summed E-state index contributed by atoms with van der Waals surface area (Å²) in [5, 5.41) is 52.4. The highest BCUT2D eigenvalue weighted by Crippen LogP contribution is 2.24. The number of rotatable bonds is 15. The Hall–Kier alpha value is -1.63. The fraction of sp³-hybridized carbons (Fsp3) is 0.708. The molecule has 2 rings (SSSR count). The van der Waals surface area contributed by atoms with Crippen molar-refractivity contribution in [2.24, 2.45) is 5.41 Å². The molecular weight excluding hydrogens is 446 g/mol. The molecular formula is C24H39NO9. The van der Waals surface area contributed by atoms with Gasteiger partial charge in [-0.1, -0.05) is 43.7 Å². The van der Waals surface area contributed by atoms with E-state index in [1.54, 1.807) is 0 Å². The van der Waals surface area contributed by atoms with Gasteiger partial charge in [0.2, 0.25) is 5.91 Å². The standard InChI is InChI=1S/C24H39NO9/c1-2-3-9-19(29)25-20-22(31)21(30)18(12-32-16-24(13-26,14-27)15-28)34-23(20)33-11-10-17-7-5-4-6-8-17/h4-8,18,20-23,26-28,30-31H,2-3,9-16H2,1H3,(H,25,29)/t18-,20-,21-,22-,23+/m1/s1. The lowest BCUT2D eigenvalue weighted by Gasteiger charge is -2.43. The molecule has 0 unspecified atom stereocenters. The molecule has 34 heavy (non-hydrogen) atoms.